The van der Waals surface area contributed by atoms with Crippen LogP contribution in [0.2, 0.25) is 0 Å². The SMILES string of the molecule is Cc1cc(N2CCCC2c2cccc3ccccc23)n2nc(C(F)(F)F)nc2n1. The Morgan fingerprint density at radius 3 is 2.66 bits per heavy atom. The second kappa shape index (κ2) is 6.43. The molecular weight excluding hydrogens is 379 g/mol. The van der Waals surface area contributed by atoms with Gasteiger partial charge in [-0.1, -0.05) is 42.5 Å². The smallest absolute Gasteiger partial charge is 0.349 e. The number of anilines is 1. The average Bonchev–Trinajstić information content (AvgIpc) is 3.33. The third kappa shape index (κ3) is 2.99. The van der Waals surface area contributed by atoms with Crippen LogP contribution in [-0.2, 0) is 6.18 Å². The van der Waals surface area contributed by atoms with E-state index >= 15 is 0 Å². The Bertz CT molecular complexity index is 1210. The lowest BCUT2D eigenvalue weighted by Crippen LogP contribution is -2.25. The highest BCUT2D eigenvalue weighted by molar-refractivity contribution is 5.86. The topological polar surface area (TPSA) is 46.3 Å². The molecule has 0 N–H and O–H groups in total. The maximum Gasteiger partial charge on any atom is 0.453 e. The molecule has 1 aliphatic heterocycles. The number of alkyl halides is 3. The molecule has 2 aromatic heterocycles. The summed E-state index contributed by atoms with van der Waals surface area (Å²) in [7, 11) is 0. The fraction of sp³-hybridized carbons (Fsp3) is 0.286. The fourth-order valence-corrected chi connectivity index (χ4v) is 4.20. The summed E-state index contributed by atoms with van der Waals surface area (Å²) in [4.78, 5) is 9.89. The van der Waals surface area contributed by atoms with Crippen LogP contribution in [0.4, 0.5) is 19.0 Å². The molecule has 1 atom stereocenters. The number of benzene rings is 2. The Balaban J connectivity index is 1.67. The zero-order chi connectivity index (χ0) is 20.2. The number of halogens is 3. The molecule has 0 amide bonds. The summed E-state index contributed by atoms with van der Waals surface area (Å²) in [6.45, 7) is 2.49. The second-order valence-electron chi connectivity index (χ2n) is 7.32. The zero-order valence-corrected chi connectivity index (χ0v) is 15.7. The van der Waals surface area contributed by atoms with Crippen molar-refractivity contribution in [1.29, 1.82) is 0 Å². The van der Waals surface area contributed by atoms with Crippen LogP contribution in [0.15, 0.2) is 48.5 Å². The lowest BCUT2D eigenvalue weighted by molar-refractivity contribution is -0.144. The van der Waals surface area contributed by atoms with Gasteiger partial charge in [-0.25, -0.2) is 4.98 Å². The van der Waals surface area contributed by atoms with Crippen molar-refractivity contribution in [3.8, 4) is 0 Å². The molecule has 0 radical (unpaired) electrons. The molecule has 0 spiro atoms. The van der Waals surface area contributed by atoms with Gasteiger partial charge >= 0.3 is 6.18 Å². The molecule has 1 unspecified atom stereocenters. The van der Waals surface area contributed by atoms with Gasteiger partial charge in [-0.2, -0.15) is 22.7 Å². The quantitative estimate of drug-likeness (QED) is 0.480. The van der Waals surface area contributed by atoms with Crippen LogP contribution in [0, 0.1) is 6.92 Å². The van der Waals surface area contributed by atoms with Crippen molar-refractivity contribution in [3.05, 3.63) is 65.6 Å². The van der Waals surface area contributed by atoms with Crippen molar-refractivity contribution in [2.24, 2.45) is 0 Å². The predicted octanol–water partition coefficient (Wildman–Crippen LogP) is 4.95. The molecule has 4 aromatic rings. The van der Waals surface area contributed by atoms with Gasteiger partial charge < -0.3 is 4.90 Å². The van der Waals surface area contributed by atoms with Gasteiger partial charge in [0.15, 0.2) is 0 Å². The van der Waals surface area contributed by atoms with Crippen molar-refractivity contribution in [3.63, 3.8) is 0 Å². The van der Waals surface area contributed by atoms with E-state index in [1.165, 1.54) is 10.1 Å². The standard InChI is InChI=1S/C21H18F3N5/c1-13-12-18(29-20(25-13)26-19(27-29)21(22,23)24)28-11-5-10-17(28)16-9-4-7-14-6-2-3-8-15(14)16/h2-4,6-9,12,17H,5,10-11H2,1H3. The Labute approximate surface area is 164 Å². The lowest BCUT2D eigenvalue weighted by Gasteiger charge is -2.28. The lowest BCUT2D eigenvalue weighted by atomic mass is 9.97. The first-order valence-electron chi connectivity index (χ1n) is 9.48. The van der Waals surface area contributed by atoms with Crippen LogP contribution in [0.1, 0.15) is 36.0 Å². The summed E-state index contributed by atoms with van der Waals surface area (Å²) in [5.74, 6) is -0.611. The van der Waals surface area contributed by atoms with Crippen molar-refractivity contribution in [1.82, 2.24) is 19.6 Å². The number of fused-ring (bicyclic) bond motifs is 2. The van der Waals surface area contributed by atoms with Gasteiger partial charge in [0.1, 0.15) is 5.82 Å². The molecule has 5 nitrogen and oxygen atoms in total. The first-order chi connectivity index (χ1) is 13.9. The Morgan fingerprint density at radius 2 is 1.83 bits per heavy atom. The maximum atomic E-state index is 13.2. The Morgan fingerprint density at radius 1 is 1.03 bits per heavy atom. The van der Waals surface area contributed by atoms with Crippen molar-refractivity contribution >= 4 is 22.4 Å². The number of hydrogen-bond acceptors (Lipinski definition) is 4. The fourth-order valence-electron chi connectivity index (χ4n) is 4.20. The maximum absolute atomic E-state index is 13.2. The highest BCUT2D eigenvalue weighted by atomic mass is 19.4. The zero-order valence-electron chi connectivity index (χ0n) is 15.7. The Kier molecular flexibility index (Phi) is 3.97. The van der Waals surface area contributed by atoms with Gasteiger partial charge in [0.25, 0.3) is 11.6 Å². The Hall–Kier alpha value is -3.16. The average molecular weight is 397 g/mol. The molecule has 5 rings (SSSR count). The second-order valence-corrected chi connectivity index (χ2v) is 7.32. The molecule has 1 fully saturated rings. The van der Waals surface area contributed by atoms with E-state index in [9.17, 15) is 13.2 Å². The minimum Gasteiger partial charge on any atom is -0.349 e. The predicted molar refractivity (Wildman–Crippen MR) is 104 cm³/mol. The molecule has 3 heterocycles. The summed E-state index contributed by atoms with van der Waals surface area (Å²) in [6.07, 6.45) is -2.76. The third-order valence-corrected chi connectivity index (χ3v) is 5.40. The van der Waals surface area contributed by atoms with E-state index < -0.39 is 12.0 Å². The largest absolute Gasteiger partial charge is 0.453 e. The van der Waals surface area contributed by atoms with Crippen molar-refractivity contribution < 1.29 is 13.2 Å². The molecule has 29 heavy (non-hydrogen) atoms. The monoisotopic (exact) mass is 397 g/mol. The van der Waals surface area contributed by atoms with E-state index in [1.807, 2.05) is 18.2 Å². The number of hydrogen-bond donors (Lipinski definition) is 0. The van der Waals surface area contributed by atoms with Crippen LogP contribution in [0.5, 0.6) is 0 Å². The van der Waals surface area contributed by atoms with Gasteiger partial charge in [-0.05, 0) is 36.1 Å². The molecule has 1 aliphatic rings. The molecule has 0 saturated carbocycles. The number of aromatic nitrogens is 4. The van der Waals surface area contributed by atoms with E-state index in [-0.39, 0.29) is 11.8 Å². The molecule has 8 heteroatoms. The minimum absolute atomic E-state index is 0.0316. The van der Waals surface area contributed by atoms with Crippen LogP contribution >= 0.6 is 0 Å². The van der Waals surface area contributed by atoms with Crippen LogP contribution < -0.4 is 4.90 Å². The summed E-state index contributed by atoms with van der Waals surface area (Å²) in [6, 6.07) is 16.2. The van der Waals surface area contributed by atoms with Crippen LogP contribution in [0.25, 0.3) is 16.6 Å². The van der Waals surface area contributed by atoms with Crippen LogP contribution in [-0.4, -0.2) is 26.1 Å². The summed E-state index contributed by atoms with van der Waals surface area (Å²) in [5.41, 5.74) is 1.77. The molecule has 1 saturated heterocycles. The molecule has 148 valence electrons. The molecule has 0 aliphatic carbocycles. The molecule has 2 aromatic carbocycles. The van der Waals surface area contributed by atoms with E-state index in [0.717, 1.165) is 30.2 Å². The number of nitrogens with zero attached hydrogens (tertiary/aromatic N) is 5. The van der Waals surface area contributed by atoms with E-state index in [4.69, 9.17) is 0 Å². The minimum atomic E-state index is -4.61. The number of aryl methyl sites for hydroxylation is 1. The van der Waals surface area contributed by atoms with Gasteiger partial charge in [-0.15, -0.1) is 5.10 Å². The highest BCUT2D eigenvalue weighted by Gasteiger charge is 2.38. The summed E-state index contributed by atoms with van der Waals surface area (Å²) in [5, 5.41) is 6.04. The van der Waals surface area contributed by atoms with Gasteiger partial charge in [0.2, 0.25) is 0 Å². The van der Waals surface area contributed by atoms with E-state index in [2.05, 4.69) is 44.2 Å². The van der Waals surface area contributed by atoms with Crippen LogP contribution in [0.3, 0.4) is 0 Å². The van der Waals surface area contributed by atoms with Crippen molar-refractivity contribution in [2.45, 2.75) is 32.0 Å². The van der Waals surface area contributed by atoms with Gasteiger partial charge in [-0.3, -0.25) is 0 Å². The highest BCUT2D eigenvalue weighted by Crippen LogP contribution is 2.39. The normalized spacial score (nSPS) is 17.5. The van der Waals surface area contributed by atoms with Gasteiger partial charge in [0.05, 0.1) is 6.04 Å². The summed E-state index contributed by atoms with van der Waals surface area (Å²) < 4.78 is 40.7. The third-order valence-electron chi connectivity index (χ3n) is 5.40. The molecule has 0 bridgehead atoms. The van der Waals surface area contributed by atoms with E-state index in [1.54, 1.807) is 13.0 Å². The first-order valence-corrected chi connectivity index (χ1v) is 9.48. The summed E-state index contributed by atoms with van der Waals surface area (Å²) >= 11 is 0. The van der Waals surface area contributed by atoms with Gasteiger partial charge in [0, 0.05) is 18.3 Å². The molecular formula is C21H18F3N5. The van der Waals surface area contributed by atoms with E-state index in [0.29, 0.717) is 11.5 Å². The van der Waals surface area contributed by atoms with Crippen molar-refractivity contribution in [2.75, 3.05) is 11.4 Å². The first kappa shape index (κ1) is 17.9. The number of rotatable bonds is 2.